The van der Waals surface area contributed by atoms with Crippen molar-refractivity contribution < 1.29 is 67.7 Å². The highest BCUT2D eigenvalue weighted by Crippen LogP contribution is 2.38. The van der Waals surface area contributed by atoms with E-state index in [2.05, 4.69) is 0 Å². The number of hydrogen-bond donors (Lipinski definition) is 3. The normalized spacial score (nSPS) is 37.9. The van der Waals surface area contributed by atoms with Gasteiger partial charge in [0, 0.05) is 58.5 Å². The van der Waals surface area contributed by atoms with E-state index in [1.54, 1.807) is 41.1 Å². The molecule has 68 heavy (non-hydrogen) atoms. The topological polar surface area (TPSA) is 205 Å². The number of allylic oxidation sites excluding steroid dienone is 6. The van der Waals surface area contributed by atoms with Crippen molar-refractivity contribution in [3.8, 4) is 0 Å². The van der Waals surface area contributed by atoms with E-state index in [0.29, 0.717) is 63.4 Å². The molecule has 3 fully saturated rings. The van der Waals surface area contributed by atoms with E-state index in [-0.39, 0.29) is 74.1 Å². The Kier molecular flexibility index (Phi) is 22.9. The first-order valence-corrected chi connectivity index (χ1v) is 25.0. The molecule has 384 valence electrons. The Labute approximate surface area is 405 Å². The lowest BCUT2D eigenvalue weighted by Gasteiger charge is -2.42. The summed E-state index contributed by atoms with van der Waals surface area (Å²) in [6.07, 6.45) is 12.0. The van der Waals surface area contributed by atoms with Gasteiger partial charge in [-0.1, -0.05) is 71.1 Å². The molecule has 3 heterocycles. The lowest BCUT2D eigenvalue weighted by molar-refractivity contribution is -0.265. The van der Waals surface area contributed by atoms with Crippen LogP contribution in [0.2, 0.25) is 0 Å². The molecule has 4 rings (SSSR count). The van der Waals surface area contributed by atoms with Crippen LogP contribution in [0.4, 0.5) is 0 Å². The number of fused-ring (bicyclic) bond motifs is 3. The Morgan fingerprint density at radius 2 is 1.59 bits per heavy atom. The molecule has 3 aliphatic heterocycles. The van der Waals surface area contributed by atoms with E-state index in [1.807, 2.05) is 58.1 Å². The fourth-order valence-corrected chi connectivity index (χ4v) is 10.5. The number of rotatable bonds is 9. The van der Waals surface area contributed by atoms with E-state index in [0.717, 1.165) is 12.0 Å². The lowest BCUT2D eigenvalue weighted by atomic mass is 9.78. The fraction of sp³-hybridized carbons (Fsp3) is 0.755. The molecule has 0 unspecified atom stereocenters. The van der Waals surface area contributed by atoms with Crippen LogP contribution in [0.5, 0.6) is 0 Å². The molecule has 0 aromatic carbocycles. The van der Waals surface area contributed by atoms with Gasteiger partial charge in [0.05, 0.1) is 37.6 Å². The summed E-state index contributed by atoms with van der Waals surface area (Å²) < 4.78 is 35.6. The molecule has 0 aromatic rings. The summed E-state index contributed by atoms with van der Waals surface area (Å²) >= 11 is 0. The number of hydrogen-bond acceptors (Lipinski definition) is 14. The van der Waals surface area contributed by atoms with E-state index in [1.165, 1.54) is 12.0 Å². The van der Waals surface area contributed by atoms with Gasteiger partial charge >= 0.3 is 5.97 Å². The smallest absolute Gasteiger partial charge is 0.329 e. The molecule has 4 aliphatic rings. The van der Waals surface area contributed by atoms with Gasteiger partial charge in [-0.05, 0) is 107 Å². The van der Waals surface area contributed by atoms with Crippen LogP contribution in [0.25, 0.3) is 0 Å². The molecule has 15 heteroatoms. The number of carbonyl (C=O) groups is 5. The number of ketones is 3. The Hall–Kier alpha value is -3.41. The van der Waals surface area contributed by atoms with Crippen LogP contribution in [0.1, 0.15) is 126 Å². The van der Waals surface area contributed by atoms with Gasteiger partial charge in [0.25, 0.3) is 11.7 Å². The minimum absolute atomic E-state index is 0.0158. The van der Waals surface area contributed by atoms with Crippen molar-refractivity contribution in [1.29, 1.82) is 0 Å². The molecule has 2 bridgehead atoms. The van der Waals surface area contributed by atoms with Crippen molar-refractivity contribution in [1.82, 2.24) is 4.90 Å². The number of piperidine rings is 1. The van der Waals surface area contributed by atoms with Crippen molar-refractivity contribution in [2.75, 3.05) is 41.1 Å². The third-order valence-corrected chi connectivity index (χ3v) is 14.9. The van der Waals surface area contributed by atoms with E-state index in [4.69, 9.17) is 28.4 Å². The average molecular weight is 958 g/mol. The summed E-state index contributed by atoms with van der Waals surface area (Å²) in [5.74, 6) is -7.96. The standard InChI is InChI=1S/C53H83NO14/c1-32-16-12-11-13-17-33(2)44(63-8)30-40-21-19-38(7)53(62,68-40)50(59)51(60)54-23-15-14-18-41(54)52(61)67-45(35(4)28-39-20-22-43(66-25-24-55)46(29-39)64-9)31-42(56)34(3)27-37(6)48(58)49(65-10)47(57)36(5)26-32/h11-13,16-17,27,32,34-36,38-41,43-46,48-49,55,58,62H,14-15,18-26,28-31H2,1-10H3/b13-11?,16-12+,33-17?,37-27+/t32-,34-,35-,36-,38-,39+,40+,41+,43-,44+,45+,46-,48+,49+,53-/m1/s1. The highest BCUT2D eigenvalue weighted by Gasteiger charge is 2.53. The zero-order valence-electron chi connectivity index (χ0n) is 42.4. The summed E-state index contributed by atoms with van der Waals surface area (Å²) in [6, 6.07) is -1.14. The Morgan fingerprint density at radius 3 is 2.26 bits per heavy atom. The molecule has 1 aliphatic carbocycles. The molecule has 1 amide bonds. The predicted octanol–water partition coefficient (Wildman–Crippen LogP) is 6.20. The van der Waals surface area contributed by atoms with Crippen molar-refractivity contribution >= 4 is 29.2 Å². The summed E-state index contributed by atoms with van der Waals surface area (Å²) in [7, 11) is 4.58. The van der Waals surface area contributed by atoms with Crippen LogP contribution < -0.4 is 0 Å². The first kappa shape index (κ1) is 57.2. The number of nitrogens with zero attached hydrogens (tertiary/aromatic N) is 1. The number of aliphatic hydroxyl groups is 3. The average Bonchev–Trinajstić information content (AvgIpc) is 3.32. The highest BCUT2D eigenvalue weighted by molar-refractivity contribution is 6.39. The SMILES string of the molecule is CO[C@H]1C[C@@H]2CC[C@@H](C)[C@@](O)(O2)C(=O)C(=O)N2CCCC[C@H]2C(=O)O[C@H]([C@H](C)C[C@@H]2CC[C@@H](OCCO)[C@H](OC)C2)CC(=O)[C@H](C)/C=C(\C)[C@H](O)[C@@H](OC)C(=O)[C@H](C)C[C@H](C)/C=C/C=CC=C1C. The number of carbonyl (C=O) groups excluding carboxylic acids is 5. The van der Waals surface area contributed by atoms with Crippen molar-refractivity contribution in [2.24, 2.45) is 35.5 Å². The second-order valence-electron chi connectivity index (χ2n) is 20.2. The number of ether oxygens (including phenoxy) is 6. The first-order valence-electron chi connectivity index (χ1n) is 25.0. The minimum atomic E-state index is -2.43. The van der Waals surface area contributed by atoms with Gasteiger partial charge in [-0.3, -0.25) is 19.2 Å². The maximum Gasteiger partial charge on any atom is 0.329 e. The van der Waals surface area contributed by atoms with Crippen molar-refractivity contribution in [3.05, 3.63) is 47.6 Å². The van der Waals surface area contributed by atoms with Crippen molar-refractivity contribution in [2.45, 2.75) is 180 Å². The van der Waals surface area contributed by atoms with Crippen LogP contribution >= 0.6 is 0 Å². The van der Waals surface area contributed by atoms with Crippen LogP contribution in [0.15, 0.2) is 47.6 Å². The maximum absolute atomic E-state index is 14.5. The van der Waals surface area contributed by atoms with Gasteiger partial charge in [-0.15, -0.1) is 0 Å². The quantitative estimate of drug-likeness (QED) is 0.134. The Morgan fingerprint density at radius 1 is 0.853 bits per heavy atom. The number of methoxy groups -OCH3 is 3. The Balaban J connectivity index is 1.70. The number of Topliss-reactive ketones (excluding diaryl/α,β-unsaturated/α-hetero) is 3. The fourth-order valence-electron chi connectivity index (χ4n) is 10.5. The lowest BCUT2D eigenvalue weighted by Crippen LogP contribution is -2.61. The largest absolute Gasteiger partial charge is 0.460 e. The van der Waals surface area contributed by atoms with Crippen LogP contribution in [0.3, 0.4) is 0 Å². The second kappa shape index (κ2) is 27.3. The van der Waals surface area contributed by atoms with Gasteiger partial charge < -0.3 is 48.6 Å². The second-order valence-corrected chi connectivity index (χ2v) is 20.2. The summed E-state index contributed by atoms with van der Waals surface area (Å²) in [5, 5.41) is 32.8. The molecular weight excluding hydrogens is 875 g/mol. The van der Waals surface area contributed by atoms with Crippen LogP contribution in [-0.2, 0) is 52.4 Å². The molecule has 2 saturated heterocycles. The van der Waals surface area contributed by atoms with E-state index >= 15 is 0 Å². The molecule has 1 saturated carbocycles. The van der Waals surface area contributed by atoms with Crippen LogP contribution in [-0.4, -0.2) is 145 Å². The molecular formula is C53H83NO14. The minimum Gasteiger partial charge on any atom is -0.460 e. The monoisotopic (exact) mass is 958 g/mol. The molecule has 0 radical (unpaired) electrons. The molecule has 0 aromatic heterocycles. The van der Waals surface area contributed by atoms with E-state index < -0.39 is 77.8 Å². The van der Waals surface area contributed by atoms with Gasteiger partial charge in [-0.2, -0.15) is 0 Å². The molecule has 3 N–H and O–H groups in total. The zero-order chi connectivity index (χ0) is 50.3. The first-order chi connectivity index (χ1) is 32.3. The van der Waals surface area contributed by atoms with Gasteiger partial charge in [0.1, 0.15) is 30.1 Å². The Bertz CT molecular complexity index is 1810. The van der Waals surface area contributed by atoms with Gasteiger partial charge in [0.2, 0.25) is 5.79 Å². The molecule has 15 atom stereocenters. The number of esters is 1. The molecule has 0 spiro atoms. The number of aliphatic hydroxyl groups excluding tert-OH is 2. The zero-order valence-corrected chi connectivity index (χ0v) is 42.4. The predicted molar refractivity (Wildman–Crippen MR) is 256 cm³/mol. The van der Waals surface area contributed by atoms with Gasteiger partial charge in [0.15, 0.2) is 5.78 Å². The van der Waals surface area contributed by atoms with Crippen molar-refractivity contribution in [3.63, 3.8) is 0 Å². The number of cyclic esters (lactones) is 1. The number of amides is 1. The molecule has 15 nitrogen and oxygen atoms in total. The third kappa shape index (κ3) is 15.3. The maximum atomic E-state index is 14.5. The summed E-state index contributed by atoms with van der Waals surface area (Å²) in [6.45, 7) is 12.9. The summed E-state index contributed by atoms with van der Waals surface area (Å²) in [4.78, 5) is 72.1. The summed E-state index contributed by atoms with van der Waals surface area (Å²) in [5.41, 5.74) is 1.26. The van der Waals surface area contributed by atoms with Gasteiger partial charge in [-0.25, -0.2) is 4.79 Å². The highest BCUT2D eigenvalue weighted by atomic mass is 16.6. The van der Waals surface area contributed by atoms with E-state index in [9.17, 15) is 39.3 Å². The third-order valence-electron chi connectivity index (χ3n) is 14.9. The van der Waals surface area contributed by atoms with Crippen LogP contribution in [0, 0.1) is 35.5 Å².